The summed E-state index contributed by atoms with van der Waals surface area (Å²) >= 11 is 0. The lowest BCUT2D eigenvalue weighted by molar-refractivity contribution is -0.119. The maximum atomic E-state index is 12.5. The summed E-state index contributed by atoms with van der Waals surface area (Å²) in [6.45, 7) is 0.725. The molecule has 0 saturated carbocycles. The van der Waals surface area contributed by atoms with Crippen LogP contribution in [0, 0.1) is 0 Å². The average molecular weight is 324 g/mol. The molecule has 1 aliphatic heterocycles. The number of methoxy groups -OCH3 is 1. The highest BCUT2D eigenvalue weighted by molar-refractivity contribution is 6.06. The van der Waals surface area contributed by atoms with Gasteiger partial charge in [-0.25, -0.2) is 0 Å². The van der Waals surface area contributed by atoms with E-state index in [2.05, 4.69) is 5.32 Å². The van der Waals surface area contributed by atoms with Crippen LogP contribution in [0.1, 0.15) is 29.6 Å². The second-order valence-electron chi connectivity index (χ2n) is 5.71. The number of para-hydroxylation sites is 1. The number of carbonyl (C=O) groups excluding carboxylic acids is 2. The highest BCUT2D eigenvalue weighted by atomic mass is 16.5. The van der Waals surface area contributed by atoms with Gasteiger partial charge in [0.2, 0.25) is 5.91 Å². The largest absolute Gasteiger partial charge is 0.496 e. The Morgan fingerprint density at radius 1 is 1.12 bits per heavy atom. The van der Waals surface area contributed by atoms with E-state index in [4.69, 9.17) is 4.74 Å². The second kappa shape index (κ2) is 7.17. The fourth-order valence-corrected chi connectivity index (χ4v) is 2.86. The monoisotopic (exact) mass is 324 g/mol. The number of piperidine rings is 1. The van der Waals surface area contributed by atoms with Crippen LogP contribution < -0.4 is 15.0 Å². The summed E-state index contributed by atoms with van der Waals surface area (Å²) in [5, 5.41) is 2.87. The lowest BCUT2D eigenvalue weighted by Gasteiger charge is -2.27. The number of hydrogen-bond donors (Lipinski definition) is 1. The minimum atomic E-state index is -0.241. The van der Waals surface area contributed by atoms with Gasteiger partial charge in [0.1, 0.15) is 5.75 Å². The predicted octanol–water partition coefficient (Wildman–Crippen LogP) is 3.46. The molecule has 0 unspecified atom stereocenters. The van der Waals surface area contributed by atoms with Crippen LogP contribution >= 0.6 is 0 Å². The molecule has 1 aliphatic rings. The number of nitrogens with one attached hydrogen (secondary N) is 1. The van der Waals surface area contributed by atoms with Crippen molar-refractivity contribution in [3.8, 4) is 5.75 Å². The van der Waals surface area contributed by atoms with Crippen molar-refractivity contribution in [1.82, 2.24) is 0 Å². The number of rotatable bonds is 4. The maximum absolute atomic E-state index is 12.5. The highest BCUT2D eigenvalue weighted by Crippen LogP contribution is 2.25. The first kappa shape index (κ1) is 16.1. The first-order valence-corrected chi connectivity index (χ1v) is 8.04. The Morgan fingerprint density at radius 3 is 2.75 bits per heavy atom. The molecule has 5 nitrogen and oxygen atoms in total. The summed E-state index contributed by atoms with van der Waals surface area (Å²) in [4.78, 5) is 26.3. The first-order valence-electron chi connectivity index (χ1n) is 8.04. The topological polar surface area (TPSA) is 58.6 Å². The number of benzene rings is 2. The van der Waals surface area contributed by atoms with Crippen LogP contribution in [0.15, 0.2) is 48.5 Å². The molecule has 2 amide bonds. The molecule has 24 heavy (non-hydrogen) atoms. The van der Waals surface area contributed by atoms with E-state index in [9.17, 15) is 9.59 Å². The van der Waals surface area contributed by atoms with E-state index in [1.54, 1.807) is 23.1 Å². The summed E-state index contributed by atoms with van der Waals surface area (Å²) in [6, 6.07) is 14.4. The van der Waals surface area contributed by atoms with E-state index >= 15 is 0 Å². The SMILES string of the molecule is COc1ccccc1C(=O)Nc1cccc(N2CCCCC2=O)c1. The predicted molar refractivity (Wildman–Crippen MR) is 93.6 cm³/mol. The fourth-order valence-electron chi connectivity index (χ4n) is 2.86. The van der Waals surface area contributed by atoms with Gasteiger partial charge in [-0.15, -0.1) is 0 Å². The van der Waals surface area contributed by atoms with Crippen molar-refractivity contribution in [3.63, 3.8) is 0 Å². The smallest absolute Gasteiger partial charge is 0.259 e. The lowest BCUT2D eigenvalue weighted by atomic mass is 10.1. The van der Waals surface area contributed by atoms with E-state index < -0.39 is 0 Å². The zero-order valence-corrected chi connectivity index (χ0v) is 13.6. The molecule has 1 heterocycles. The van der Waals surface area contributed by atoms with E-state index in [-0.39, 0.29) is 11.8 Å². The Morgan fingerprint density at radius 2 is 1.96 bits per heavy atom. The molecule has 0 aliphatic carbocycles. The summed E-state index contributed by atoms with van der Waals surface area (Å²) in [6.07, 6.45) is 2.53. The van der Waals surface area contributed by atoms with Crippen molar-refractivity contribution in [3.05, 3.63) is 54.1 Å². The molecular formula is C19H20N2O3. The van der Waals surface area contributed by atoms with Crippen LogP contribution in [0.3, 0.4) is 0 Å². The number of hydrogen-bond acceptors (Lipinski definition) is 3. The standard InChI is InChI=1S/C19H20N2O3/c1-24-17-10-3-2-9-16(17)19(23)20-14-7-6-8-15(13-14)21-12-5-4-11-18(21)22/h2-3,6-10,13H,4-5,11-12H2,1H3,(H,20,23). The molecule has 0 bridgehead atoms. The summed E-state index contributed by atoms with van der Waals surface area (Å²) < 4.78 is 5.22. The maximum Gasteiger partial charge on any atom is 0.259 e. The van der Waals surface area contributed by atoms with Gasteiger partial charge < -0.3 is 15.0 Å². The molecule has 0 spiro atoms. The average Bonchev–Trinajstić information content (AvgIpc) is 2.62. The van der Waals surface area contributed by atoms with E-state index in [0.29, 0.717) is 23.4 Å². The molecule has 0 radical (unpaired) electrons. The summed E-state index contributed by atoms with van der Waals surface area (Å²) in [7, 11) is 1.54. The van der Waals surface area contributed by atoms with Crippen LogP contribution in [-0.4, -0.2) is 25.5 Å². The van der Waals surface area contributed by atoms with Gasteiger partial charge in [0.25, 0.3) is 5.91 Å². The molecular weight excluding hydrogens is 304 g/mol. The van der Waals surface area contributed by atoms with Gasteiger partial charge in [-0.3, -0.25) is 9.59 Å². The number of nitrogens with zero attached hydrogens (tertiary/aromatic N) is 1. The third kappa shape index (κ3) is 3.40. The van der Waals surface area contributed by atoms with Gasteiger partial charge in [0, 0.05) is 24.3 Å². The van der Waals surface area contributed by atoms with E-state index in [1.807, 2.05) is 30.3 Å². The minimum Gasteiger partial charge on any atom is -0.496 e. The molecule has 1 saturated heterocycles. The molecule has 5 heteroatoms. The third-order valence-electron chi connectivity index (χ3n) is 4.09. The molecule has 1 fully saturated rings. The Bertz CT molecular complexity index is 758. The third-order valence-corrected chi connectivity index (χ3v) is 4.09. The molecule has 3 rings (SSSR count). The van der Waals surface area contributed by atoms with E-state index in [1.165, 1.54) is 7.11 Å². The quantitative estimate of drug-likeness (QED) is 0.937. The normalized spacial score (nSPS) is 14.4. The number of carbonyl (C=O) groups is 2. The lowest BCUT2D eigenvalue weighted by Crippen LogP contribution is -2.35. The van der Waals surface area contributed by atoms with Gasteiger partial charge >= 0.3 is 0 Å². The second-order valence-corrected chi connectivity index (χ2v) is 5.71. The van der Waals surface area contributed by atoms with Gasteiger partial charge in [0.05, 0.1) is 12.7 Å². The van der Waals surface area contributed by atoms with Crippen molar-refractivity contribution in [2.75, 3.05) is 23.9 Å². The van der Waals surface area contributed by atoms with Crippen LogP contribution in [0.25, 0.3) is 0 Å². The fraction of sp³-hybridized carbons (Fsp3) is 0.263. The van der Waals surface area contributed by atoms with Crippen LogP contribution in [0.4, 0.5) is 11.4 Å². The Hall–Kier alpha value is -2.82. The van der Waals surface area contributed by atoms with Crippen molar-refractivity contribution < 1.29 is 14.3 Å². The molecule has 124 valence electrons. The van der Waals surface area contributed by atoms with Gasteiger partial charge in [-0.2, -0.15) is 0 Å². The van der Waals surface area contributed by atoms with Crippen molar-refractivity contribution in [2.24, 2.45) is 0 Å². The van der Waals surface area contributed by atoms with Crippen LogP contribution in [-0.2, 0) is 4.79 Å². The molecule has 0 atom stereocenters. The summed E-state index contributed by atoms with van der Waals surface area (Å²) in [5.41, 5.74) is 1.94. The first-order chi connectivity index (χ1) is 11.7. The van der Waals surface area contributed by atoms with E-state index in [0.717, 1.165) is 25.1 Å². The van der Waals surface area contributed by atoms with Crippen LogP contribution in [0.2, 0.25) is 0 Å². The Labute approximate surface area is 141 Å². The Balaban J connectivity index is 1.79. The molecule has 2 aromatic rings. The summed E-state index contributed by atoms with van der Waals surface area (Å²) in [5.74, 6) is 0.418. The van der Waals surface area contributed by atoms with Crippen molar-refractivity contribution in [2.45, 2.75) is 19.3 Å². The van der Waals surface area contributed by atoms with Gasteiger partial charge in [-0.05, 0) is 43.2 Å². The number of anilines is 2. The van der Waals surface area contributed by atoms with Gasteiger partial charge in [0.15, 0.2) is 0 Å². The van der Waals surface area contributed by atoms with Gasteiger partial charge in [-0.1, -0.05) is 18.2 Å². The zero-order chi connectivity index (χ0) is 16.9. The van der Waals surface area contributed by atoms with Crippen LogP contribution in [0.5, 0.6) is 5.75 Å². The van der Waals surface area contributed by atoms with Crippen molar-refractivity contribution in [1.29, 1.82) is 0 Å². The molecule has 2 aromatic carbocycles. The minimum absolute atomic E-state index is 0.134. The Kier molecular flexibility index (Phi) is 4.79. The molecule has 1 N–H and O–H groups in total. The number of amides is 2. The number of ether oxygens (including phenoxy) is 1. The van der Waals surface area contributed by atoms with Crippen molar-refractivity contribution >= 4 is 23.2 Å². The molecule has 0 aromatic heterocycles. The highest BCUT2D eigenvalue weighted by Gasteiger charge is 2.20. The zero-order valence-electron chi connectivity index (χ0n) is 13.6.